The molecular weight excluding hydrogens is 437 g/mol. The van der Waals surface area contributed by atoms with Gasteiger partial charge in [0.15, 0.2) is 0 Å². The summed E-state index contributed by atoms with van der Waals surface area (Å²) in [6.45, 7) is 16.2. The topological polar surface area (TPSA) is 0 Å². The van der Waals surface area contributed by atoms with Crippen molar-refractivity contribution >= 4 is 0 Å². The molecule has 30 heavy (non-hydrogen) atoms. The smallest absolute Gasteiger partial charge is 0 e. The molecule has 0 saturated carbocycles. The monoisotopic (exact) mass is 487 g/mol. The second kappa shape index (κ2) is 63.0. The number of hydrogen-bond acceptors (Lipinski definition) is 0. The van der Waals surface area contributed by atoms with Gasteiger partial charge in [-0.25, -0.2) is 0 Å². The third-order valence-corrected chi connectivity index (χ3v) is 2.00. The average molecular weight is 488 g/mol. The average Bonchev–Trinajstić information content (AvgIpc) is 2.83. The zero-order valence-electron chi connectivity index (χ0n) is 21.7. The van der Waals surface area contributed by atoms with Crippen LogP contribution in [-0.2, 0) is 32.7 Å². The molecule has 171 valence electrons. The van der Waals surface area contributed by atoms with Gasteiger partial charge in [0.2, 0.25) is 0 Å². The van der Waals surface area contributed by atoms with Gasteiger partial charge in [-0.05, 0) is 0 Å². The van der Waals surface area contributed by atoms with Gasteiger partial charge in [0.25, 0.3) is 0 Å². The molecule has 0 fully saturated rings. The van der Waals surface area contributed by atoms with Crippen molar-refractivity contribution in [3.05, 3.63) is 124 Å². The van der Waals surface area contributed by atoms with Crippen molar-refractivity contribution in [2.24, 2.45) is 0 Å². The van der Waals surface area contributed by atoms with Crippen LogP contribution in [0.4, 0.5) is 0 Å². The van der Waals surface area contributed by atoms with Crippen molar-refractivity contribution in [3.8, 4) is 0 Å². The molecule has 3 rings (SSSR count). The third-order valence-electron chi connectivity index (χ3n) is 2.00. The second-order valence-corrected chi connectivity index (χ2v) is 4.17. The van der Waals surface area contributed by atoms with Crippen LogP contribution in [0, 0.1) is 14.9 Å². The van der Waals surface area contributed by atoms with Crippen molar-refractivity contribution < 1.29 is 32.7 Å². The van der Waals surface area contributed by atoms with E-state index in [0.717, 1.165) is 0 Å². The Morgan fingerprint density at radius 1 is 0.300 bits per heavy atom. The Balaban J connectivity index is -0.0000000428. The molecule has 0 nitrogen and oxygen atoms in total. The van der Waals surface area contributed by atoms with Crippen molar-refractivity contribution in [2.75, 3.05) is 0 Å². The van der Waals surface area contributed by atoms with Crippen LogP contribution in [0.25, 0.3) is 0 Å². The molecular formula is C29H50Y-2. The molecule has 0 aliphatic carbocycles. The molecule has 0 saturated heterocycles. The van der Waals surface area contributed by atoms with Gasteiger partial charge in [0.05, 0.1) is 0 Å². The van der Waals surface area contributed by atoms with Crippen LogP contribution in [0.5, 0.6) is 0 Å². The Kier molecular flexibility index (Phi) is 98.3. The fraction of sp³-hybridized carbons (Fsp3) is 0.310. The predicted octanol–water partition coefficient (Wildman–Crippen LogP) is 10.5. The van der Waals surface area contributed by atoms with Crippen LogP contribution in [0.15, 0.2) is 109 Å². The van der Waals surface area contributed by atoms with E-state index in [9.17, 15) is 0 Å². The van der Waals surface area contributed by atoms with Crippen molar-refractivity contribution in [2.45, 2.75) is 61.8 Å². The molecule has 0 bridgehead atoms. The molecule has 1 heteroatoms. The quantitative estimate of drug-likeness (QED) is 0.277. The van der Waals surface area contributed by atoms with Gasteiger partial charge in [0.1, 0.15) is 0 Å². The fourth-order valence-corrected chi connectivity index (χ4v) is 1.15. The van der Waals surface area contributed by atoms with Gasteiger partial charge in [-0.3, -0.25) is 0 Å². The van der Waals surface area contributed by atoms with Crippen LogP contribution in [0.3, 0.4) is 0 Å². The summed E-state index contributed by atoms with van der Waals surface area (Å²) in [5.74, 6) is 0. The Hall–Kier alpha value is -1.24. The zero-order chi connectivity index (χ0) is 21.4. The number of hydrogen-bond donors (Lipinski definition) is 0. The van der Waals surface area contributed by atoms with Crippen LogP contribution in [-0.4, -0.2) is 0 Å². The summed E-state index contributed by atoms with van der Waals surface area (Å²) in [7, 11) is 0. The van der Waals surface area contributed by atoms with Gasteiger partial charge in [-0.2, -0.15) is 0 Å². The minimum Gasteiger partial charge on any atom is -0.358 e. The van der Waals surface area contributed by atoms with E-state index < -0.39 is 0 Å². The van der Waals surface area contributed by atoms with Gasteiger partial charge in [-0.15, -0.1) is 0 Å². The Morgan fingerprint density at radius 3 is 0.367 bits per heavy atom. The molecule has 0 spiro atoms. The minimum atomic E-state index is 0. The molecule has 0 aliphatic heterocycles. The van der Waals surface area contributed by atoms with Crippen LogP contribution >= 0.6 is 0 Å². The summed E-state index contributed by atoms with van der Waals surface area (Å²) in [6, 6.07) is 36.0. The summed E-state index contributed by atoms with van der Waals surface area (Å²) < 4.78 is 0. The minimum absolute atomic E-state index is 0. The van der Waals surface area contributed by atoms with Crippen molar-refractivity contribution in [1.29, 1.82) is 0 Å². The first-order valence-corrected chi connectivity index (χ1v) is 10.4. The predicted molar refractivity (Wildman–Crippen MR) is 142 cm³/mol. The Bertz CT molecular complexity index is 311. The molecule has 3 aromatic rings. The van der Waals surface area contributed by atoms with E-state index in [2.05, 4.69) is 13.8 Å². The standard InChI is InChI=1S/3C6H6.C3H8.3C2H6.2CH3.Y/c3*1-2-4-6-5-3-1;1-3-2;3*1-2;;;/h3*1-6H;3H2,1-2H3;3*1-2H3;2*1H3;/q;;;;;;;2*-1;. The van der Waals surface area contributed by atoms with Gasteiger partial charge in [0, 0.05) is 32.7 Å². The summed E-state index contributed by atoms with van der Waals surface area (Å²) in [5.41, 5.74) is 0. The number of benzene rings is 3. The SMILES string of the molecule is CC.CC.CC.CCC.[CH3-].[CH3-].[Y].c1ccccc1.c1ccccc1.c1ccccc1. The third kappa shape index (κ3) is 63.2. The molecule has 1 radical (unpaired) electrons. The maximum atomic E-state index is 2.12. The molecule has 0 atom stereocenters. The van der Waals surface area contributed by atoms with Crippen molar-refractivity contribution in [3.63, 3.8) is 0 Å². The first-order chi connectivity index (χ1) is 13.4. The van der Waals surface area contributed by atoms with Crippen molar-refractivity contribution in [1.82, 2.24) is 0 Å². The zero-order valence-corrected chi connectivity index (χ0v) is 24.5. The van der Waals surface area contributed by atoms with E-state index in [-0.39, 0.29) is 47.6 Å². The summed E-state index contributed by atoms with van der Waals surface area (Å²) >= 11 is 0. The summed E-state index contributed by atoms with van der Waals surface area (Å²) in [4.78, 5) is 0. The molecule has 0 aromatic heterocycles. The summed E-state index contributed by atoms with van der Waals surface area (Å²) in [5, 5.41) is 0. The van der Waals surface area contributed by atoms with E-state index >= 15 is 0 Å². The fourth-order valence-electron chi connectivity index (χ4n) is 1.15. The molecule has 0 N–H and O–H groups in total. The van der Waals surface area contributed by atoms with E-state index in [1.54, 1.807) is 0 Å². The molecule has 0 aliphatic rings. The van der Waals surface area contributed by atoms with Crippen LogP contribution in [0.1, 0.15) is 61.8 Å². The van der Waals surface area contributed by atoms with Gasteiger partial charge in [-0.1, -0.05) is 171 Å². The number of rotatable bonds is 0. The molecule has 3 aromatic carbocycles. The first kappa shape index (κ1) is 46.8. The second-order valence-electron chi connectivity index (χ2n) is 4.17. The Labute approximate surface area is 217 Å². The molecule has 0 heterocycles. The maximum Gasteiger partial charge on any atom is 0 e. The molecule has 0 amide bonds. The normalized spacial score (nSPS) is 6.00. The Morgan fingerprint density at radius 2 is 0.333 bits per heavy atom. The van der Waals surface area contributed by atoms with E-state index in [4.69, 9.17) is 0 Å². The largest absolute Gasteiger partial charge is 0.358 e. The van der Waals surface area contributed by atoms with Gasteiger partial charge >= 0.3 is 0 Å². The van der Waals surface area contributed by atoms with E-state index in [1.807, 2.05) is 151 Å². The van der Waals surface area contributed by atoms with E-state index in [1.165, 1.54) is 6.42 Å². The van der Waals surface area contributed by atoms with E-state index in [0.29, 0.717) is 0 Å². The van der Waals surface area contributed by atoms with Crippen LogP contribution in [0.2, 0.25) is 0 Å². The first-order valence-electron chi connectivity index (χ1n) is 10.4. The van der Waals surface area contributed by atoms with Gasteiger partial charge < -0.3 is 14.9 Å². The maximum absolute atomic E-state index is 2.12. The van der Waals surface area contributed by atoms with Crippen LogP contribution < -0.4 is 0 Å². The summed E-state index contributed by atoms with van der Waals surface area (Å²) in [6.07, 6.45) is 1.25. The molecule has 0 unspecified atom stereocenters.